The number of aromatic hydroxyl groups is 2. The Labute approximate surface area is 263 Å². The average Bonchev–Trinajstić information content (AvgIpc) is 3.35. The standard InChI is InChI=1S/C36H37ClN4O3/c1-38(2)19-24-41-31-9-5-3-7-29(31)34(33(25-11-15-27(42)16-12-25)26-13-17-28(43)18-14-26)35(41)36(44)40-22-20-39(21-23-40)32-10-6-4-8-30(32)37/h3-18,33,42-43H,19-24H2,1-2H3. The van der Waals surface area contributed by atoms with Crippen molar-refractivity contribution in [1.29, 1.82) is 0 Å². The van der Waals surface area contributed by atoms with Crippen LogP contribution in [-0.2, 0) is 6.54 Å². The number of piperazine rings is 1. The van der Waals surface area contributed by atoms with E-state index in [1.165, 1.54) is 0 Å². The molecule has 1 aliphatic heterocycles. The summed E-state index contributed by atoms with van der Waals surface area (Å²) in [5.41, 5.74) is 5.48. The Kier molecular flexibility index (Phi) is 8.51. The van der Waals surface area contributed by atoms with Gasteiger partial charge >= 0.3 is 0 Å². The summed E-state index contributed by atoms with van der Waals surface area (Å²) in [5.74, 6) is 0.0417. The van der Waals surface area contributed by atoms with E-state index in [2.05, 4.69) is 26.5 Å². The maximum absolute atomic E-state index is 14.8. The van der Waals surface area contributed by atoms with Crippen molar-refractivity contribution in [3.05, 3.63) is 124 Å². The number of fused-ring (bicyclic) bond motifs is 1. The first-order valence-electron chi connectivity index (χ1n) is 14.9. The molecule has 0 aliphatic carbocycles. The molecular weight excluding hydrogens is 572 g/mol. The first-order valence-corrected chi connectivity index (χ1v) is 15.3. The lowest BCUT2D eigenvalue weighted by Crippen LogP contribution is -2.49. The number of aromatic nitrogens is 1. The number of amides is 1. The number of carbonyl (C=O) groups is 1. The summed E-state index contributed by atoms with van der Waals surface area (Å²) in [7, 11) is 4.08. The van der Waals surface area contributed by atoms with Crippen LogP contribution in [0.25, 0.3) is 10.9 Å². The Balaban J connectivity index is 1.49. The van der Waals surface area contributed by atoms with Crippen LogP contribution >= 0.6 is 11.6 Å². The van der Waals surface area contributed by atoms with Crippen molar-refractivity contribution < 1.29 is 15.0 Å². The third-order valence-corrected chi connectivity index (χ3v) is 8.80. The lowest BCUT2D eigenvalue weighted by molar-refractivity contribution is 0.0734. The van der Waals surface area contributed by atoms with Crippen molar-refractivity contribution in [3.8, 4) is 11.5 Å². The van der Waals surface area contributed by atoms with Crippen LogP contribution < -0.4 is 4.90 Å². The number of benzene rings is 4. The number of phenolic OH excluding ortho intramolecular Hbond substituents is 2. The number of anilines is 1. The molecule has 8 heteroatoms. The van der Waals surface area contributed by atoms with Gasteiger partial charge in [0.1, 0.15) is 17.2 Å². The molecule has 0 radical (unpaired) electrons. The molecule has 226 valence electrons. The summed E-state index contributed by atoms with van der Waals surface area (Å²) in [6.07, 6.45) is 0. The number of hydrogen-bond acceptors (Lipinski definition) is 5. The molecule has 0 saturated carbocycles. The van der Waals surface area contributed by atoms with Crippen LogP contribution in [0.15, 0.2) is 97.1 Å². The van der Waals surface area contributed by atoms with E-state index in [1.807, 2.05) is 79.7 Å². The second-order valence-corrected chi connectivity index (χ2v) is 12.0. The summed E-state index contributed by atoms with van der Waals surface area (Å²) in [4.78, 5) is 21.1. The van der Waals surface area contributed by atoms with Crippen LogP contribution in [0, 0.1) is 0 Å². The van der Waals surface area contributed by atoms with Gasteiger partial charge in [0.15, 0.2) is 0 Å². The average molecular weight is 609 g/mol. The van der Waals surface area contributed by atoms with Gasteiger partial charge < -0.3 is 29.5 Å². The Hall–Kier alpha value is -4.46. The molecule has 4 aromatic carbocycles. The van der Waals surface area contributed by atoms with Crippen molar-refractivity contribution in [1.82, 2.24) is 14.4 Å². The molecule has 2 heterocycles. The number of halogens is 1. The van der Waals surface area contributed by atoms with E-state index >= 15 is 0 Å². The van der Waals surface area contributed by atoms with Gasteiger partial charge in [-0.2, -0.15) is 0 Å². The van der Waals surface area contributed by atoms with Gasteiger partial charge in [0.2, 0.25) is 0 Å². The maximum Gasteiger partial charge on any atom is 0.270 e. The fourth-order valence-electron chi connectivity index (χ4n) is 6.25. The van der Waals surface area contributed by atoms with Gasteiger partial charge in [0.05, 0.1) is 10.7 Å². The molecule has 2 N–H and O–H groups in total. The predicted octanol–water partition coefficient (Wildman–Crippen LogP) is 6.41. The molecular formula is C36H37ClN4O3. The number of nitrogens with zero attached hydrogens (tertiary/aromatic N) is 4. The zero-order valence-electron chi connectivity index (χ0n) is 25.0. The van der Waals surface area contributed by atoms with Gasteiger partial charge in [-0.1, -0.05) is 66.2 Å². The quantitative estimate of drug-likeness (QED) is 0.213. The molecule has 44 heavy (non-hydrogen) atoms. The number of rotatable bonds is 8. The second kappa shape index (κ2) is 12.6. The number of hydrogen-bond donors (Lipinski definition) is 2. The summed E-state index contributed by atoms with van der Waals surface area (Å²) >= 11 is 6.51. The second-order valence-electron chi connectivity index (χ2n) is 11.6. The Bertz CT molecular complexity index is 1710. The van der Waals surface area contributed by atoms with Crippen LogP contribution in [0.2, 0.25) is 5.02 Å². The van der Waals surface area contributed by atoms with Gasteiger partial charge in [-0.05, 0) is 67.7 Å². The highest BCUT2D eigenvalue weighted by atomic mass is 35.5. The minimum Gasteiger partial charge on any atom is -0.508 e. The fourth-order valence-corrected chi connectivity index (χ4v) is 6.51. The third kappa shape index (κ3) is 5.85. The zero-order valence-corrected chi connectivity index (χ0v) is 25.8. The third-order valence-electron chi connectivity index (χ3n) is 8.48. The van der Waals surface area contributed by atoms with Gasteiger partial charge in [0.25, 0.3) is 5.91 Å². The fraction of sp³-hybridized carbons (Fsp3) is 0.250. The topological polar surface area (TPSA) is 72.2 Å². The number of phenols is 2. The number of carbonyl (C=O) groups excluding carboxylic acids is 1. The lowest BCUT2D eigenvalue weighted by atomic mass is 9.83. The summed E-state index contributed by atoms with van der Waals surface area (Å²) in [5, 5.41) is 22.0. The van der Waals surface area contributed by atoms with E-state index in [0.29, 0.717) is 43.4 Å². The van der Waals surface area contributed by atoms with E-state index in [9.17, 15) is 15.0 Å². The molecule has 0 unspecified atom stereocenters. The number of likely N-dealkylation sites (N-methyl/N-ethyl adjacent to an activating group) is 1. The molecule has 0 atom stereocenters. The van der Waals surface area contributed by atoms with Gasteiger partial charge in [-0.25, -0.2) is 0 Å². The van der Waals surface area contributed by atoms with E-state index in [1.54, 1.807) is 24.3 Å². The minimum absolute atomic E-state index is 0.00341. The first kappa shape index (κ1) is 29.6. The Morgan fingerprint density at radius 3 is 1.95 bits per heavy atom. The molecule has 7 nitrogen and oxygen atoms in total. The largest absolute Gasteiger partial charge is 0.508 e. The Morgan fingerprint density at radius 2 is 1.36 bits per heavy atom. The van der Waals surface area contributed by atoms with Crippen molar-refractivity contribution in [2.45, 2.75) is 12.5 Å². The summed E-state index contributed by atoms with van der Waals surface area (Å²) in [6, 6.07) is 30.4. The molecule has 0 bridgehead atoms. The molecule has 1 saturated heterocycles. The van der Waals surface area contributed by atoms with E-state index < -0.39 is 0 Å². The van der Waals surface area contributed by atoms with Crippen molar-refractivity contribution in [2.75, 3.05) is 51.7 Å². The molecule has 5 aromatic rings. The zero-order chi connectivity index (χ0) is 30.8. The van der Waals surface area contributed by atoms with Gasteiger partial charge in [0, 0.05) is 61.7 Å². The van der Waals surface area contributed by atoms with Crippen LogP contribution in [-0.4, -0.2) is 77.3 Å². The highest BCUT2D eigenvalue weighted by Crippen LogP contribution is 2.41. The highest BCUT2D eigenvalue weighted by Gasteiger charge is 2.33. The molecule has 1 fully saturated rings. The van der Waals surface area contributed by atoms with Crippen molar-refractivity contribution in [3.63, 3.8) is 0 Å². The molecule has 1 aromatic heterocycles. The minimum atomic E-state index is -0.315. The Morgan fingerprint density at radius 1 is 0.795 bits per heavy atom. The highest BCUT2D eigenvalue weighted by molar-refractivity contribution is 6.33. The SMILES string of the molecule is CN(C)CCn1c(C(=O)N2CCN(c3ccccc3Cl)CC2)c(C(c2ccc(O)cc2)c2ccc(O)cc2)c2ccccc21. The predicted molar refractivity (Wildman–Crippen MR) is 177 cm³/mol. The van der Waals surface area contributed by atoms with Crippen molar-refractivity contribution in [2.24, 2.45) is 0 Å². The lowest BCUT2D eigenvalue weighted by Gasteiger charge is -2.37. The van der Waals surface area contributed by atoms with Crippen LogP contribution in [0.4, 0.5) is 5.69 Å². The molecule has 1 amide bonds. The van der Waals surface area contributed by atoms with Crippen LogP contribution in [0.1, 0.15) is 33.1 Å². The van der Waals surface area contributed by atoms with Crippen LogP contribution in [0.3, 0.4) is 0 Å². The summed E-state index contributed by atoms with van der Waals surface area (Å²) in [6.45, 7) is 3.92. The monoisotopic (exact) mass is 608 g/mol. The molecule has 6 rings (SSSR count). The van der Waals surface area contributed by atoms with E-state index in [4.69, 9.17) is 11.6 Å². The smallest absolute Gasteiger partial charge is 0.270 e. The summed E-state index contributed by atoms with van der Waals surface area (Å²) < 4.78 is 2.18. The normalized spacial score (nSPS) is 13.8. The molecule has 1 aliphatic rings. The molecule has 0 spiro atoms. The van der Waals surface area contributed by atoms with Crippen molar-refractivity contribution >= 4 is 34.1 Å². The van der Waals surface area contributed by atoms with Gasteiger partial charge in [-0.3, -0.25) is 4.79 Å². The number of para-hydroxylation sites is 2. The van der Waals surface area contributed by atoms with E-state index in [-0.39, 0.29) is 23.3 Å². The maximum atomic E-state index is 14.8. The van der Waals surface area contributed by atoms with Crippen LogP contribution in [0.5, 0.6) is 11.5 Å². The van der Waals surface area contributed by atoms with Gasteiger partial charge in [-0.15, -0.1) is 0 Å². The van der Waals surface area contributed by atoms with E-state index in [0.717, 1.165) is 39.8 Å². The first-order chi connectivity index (χ1) is 21.3.